The van der Waals surface area contributed by atoms with Crippen molar-refractivity contribution in [3.63, 3.8) is 0 Å². The lowest BCUT2D eigenvalue weighted by atomic mass is 10.1. The van der Waals surface area contributed by atoms with Crippen molar-refractivity contribution in [2.24, 2.45) is 5.73 Å². The highest BCUT2D eigenvalue weighted by atomic mass is 16.5. The van der Waals surface area contributed by atoms with Crippen molar-refractivity contribution in [1.29, 1.82) is 0 Å². The Labute approximate surface area is 191 Å². The minimum atomic E-state index is -0.711. The Hall–Kier alpha value is -4.27. The van der Waals surface area contributed by atoms with E-state index in [1.54, 1.807) is 43.3 Å². The molecule has 4 N–H and O–H groups in total. The second kappa shape index (κ2) is 13.9. The summed E-state index contributed by atoms with van der Waals surface area (Å²) in [6, 6.07) is 9.34. The first-order valence-corrected chi connectivity index (χ1v) is 9.78. The zero-order valence-corrected chi connectivity index (χ0v) is 18.6. The van der Waals surface area contributed by atoms with Crippen LogP contribution in [0.5, 0.6) is 23.0 Å². The second-order valence-corrected chi connectivity index (χ2v) is 6.39. The van der Waals surface area contributed by atoms with Crippen molar-refractivity contribution in [1.82, 2.24) is 0 Å². The number of amides is 1. The number of phenolic OH excluding ortho intramolecular Hbond substituents is 2. The standard InChI is InChI=1S/C21H20O6.C3H7NO2/c1-26-20-11-14(5-9-18(20)24)3-7-16(22)13-17(23)8-4-15-6-10-19(25)21(12-15)27-2;1-2-6-3(4)5/h3-12,24-25H,13H2,1-2H3;2H2,1H3,(H2,4,5)/b7-3+,8-4+;. The number of ether oxygens (including phenoxy) is 3. The monoisotopic (exact) mass is 457 g/mol. The molecular weight excluding hydrogens is 430 g/mol. The summed E-state index contributed by atoms with van der Waals surface area (Å²) in [6.45, 7) is 2.06. The molecule has 1 amide bonds. The van der Waals surface area contributed by atoms with Crippen molar-refractivity contribution >= 4 is 29.8 Å². The fourth-order valence-corrected chi connectivity index (χ4v) is 2.41. The number of carbonyl (C=O) groups is 3. The molecule has 2 aromatic rings. The Bertz CT molecular complexity index is 954. The molecule has 0 saturated carbocycles. The number of methoxy groups -OCH3 is 2. The molecule has 0 unspecified atom stereocenters. The third kappa shape index (κ3) is 10.1. The van der Waals surface area contributed by atoms with E-state index in [9.17, 15) is 24.6 Å². The summed E-state index contributed by atoms with van der Waals surface area (Å²) in [6.07, 6.45) is 4.73. The van der Waals surface area contributed by atoms with E-state index < -0.39 is 6.09 Å². The van der Waals surface area contributed by atoms with Gasteiger partial charge in [0, 0.05) is 0 Å². The normalized spacial score (nSPS) is 10.4. The minimum absolute atomic E-state index is 0.00662. The average Bonchev–Trinajstić information content (AvgIpc) is 2.78. The minimum Gasteiger partial charge on any atom is -0.504 e. The lowest BCUT2D eigenvalue weighted by molar-refractivity contribution is -0.121. The van der Waals surface area contributed by atoms with Crippen molar-refractivity contribution in [2.75, 3.05) is 20.8 Å². The number of rotatable bonds is 9. The van der Waals surface area contributed by atoms with Gasteiger partial charge in [0.05, 0.1) is 27.2 Å². The summed E-state index contributed by atoms with van der Waals surface area (Å²) in [5.74, 6) is -0.0832. The van der Waals surface area contributed by atoms with Gasteiger partial charge in [-0.25, -0.2) is 4.79 Å². The van der Waals surface area contributed by atoms with Gasteiger partial charge in [0.25, 0.3) is 0 Å². The smallest absolute Gasteiger partial charge is 0.404 e. The number of phenols is 2. The molecule has 0 heterocycles. The number of carbonyl (C=O) groups excluding carboxylic acids is 3. The van der Waals surface area contributed by atoms with Crippen LogP contribution in [0.1, 0.15) is 24.5 Å². The number of allylic oxidation sites excluding steroid dienone is 2. The molecule has 0 spiro atoms. The molecule has 0 aromatic heterocycles. The van der Waals surface area contributed by atoms with Crippen LogP contribution in [0.25, 0.3) is 12.2 Å². The Morgan fingerprint density at radius 3 is 1.58 bits per heavy atom. The zero-order valence-electron chi connectivity index (χ0n) is 18.6. The molecule has 176 valence electrons. The van der Waals surface area contributed by atoms with E-state index in [2.05, 4.69) is 10.5 Å². The predicted molar refractivity (Wildman–Crippen MR) is 123 cm³/mol. The van der Waals surface area contributed by atoms with Crippen LogP contribution in [0, 0.1) is 0 Å². The Balaban J connectivity index is 0.000000801. The van der Waals surface area contributed by atoms with Gasteiger partial charge in [-0.05, 0) is 54.5 Å². The Morgan fingerprint density at radius 1 is 0.848 bits per heavy atom. The fraction of sp³-hybridized carbons (Fsp3) is 0.208. The van der Waals surface area contributed by atoms with Crippen LogP contribution in [-0.4, -0.2) is 48.7 Å². The van der Waals surface area contributed by atoms with Crippen molar-refractivity contribution in [2.45, 2.75) is 13.3 Å². The number of ketones is 2. The molecule has 0 fully saturated rings. The first-order valence-electron chi connectivity index (χ1n) is 9.78. The van der Waals surface area contributed by atoms with E-state index >= 15 is 0 Å². The van der Waals surface area contributed by atoms with Gasteiger partial charge in [-0.15, -0.1) is 0 Å². The van der Waals surface area contributed by atoms with Gasteiger partial charge >= 0.3 is 6.09 Å². The van der Waals surface area contributed by atoms with Gasteiger partial charge in [0.1, 0.15) is 0 Å². The van der Waals surface area contributed by atoms with Gasteiger partial charge in [-0.3, -0.25) is 9.59 Å². The van der Waals surface area contributed by atoms with Gasteiger partial charge in [0.2, 0.25) is 0 Å². The first-order chi connectivity index (χ1) is 15.7. The summed E-state index contributed by atoms with van der Waals surface area (Å²) in [7, 11) is 2.87. The molecular formula is C24H27NO8. The van der Waals surface area contributed by atoms with E-state index in [-0.39, 0.29) is 29.5 Å². The van der Waals surface area contributed by atoms with Gasteiger partial charge in [-0.1, -0.05) is 24.3 Å². The van der Waals surface area contributed by atoms with Crippen LogP contribution in [0.15, 0.2) is 48.6 Å². The SMILES string of the molecule is CCOC(N)=O.COc1cc(/C=C/C(=O)CC(=O)/C=C/c2ccc(O)c(OC)c2)ccc1O. The third-order valence-electron chi connectivity index (χ3n) is 3.97. The highest BCUT2D eigenvalue weighted by Gasteiger charge is 2.06. The molecule has 0 aliphatic rings. The van der Waals surface area contributed by atoms with Crippen molar-refractivity contribution in [3.05, 3.63) is 59.7 Å². The molecule has 0 bridgehead atoms. The quantitative estimate of drug-likeness (QED) is 0.383. The molecule has 0 aliphatic carbocycles. The van der Waals surface area contributed by atoms with Crippen LogP contribution in [0.4, 0.5) is 4.79 Å². The van der Waals surface area contributed by atoms with E-state index in [0.29, 0.717) is 29.2 Å². The maximum Gasteiger partial charge on any atom is 0.404 e. The first kappa shape index (κ1) is 26.8. The predicted octanol–water partition coefficient (Wildman–Crippen LogP) is 3.47. The zero-order chi connectivity index (χ0) is 24.8. The number of benzene rings is 2. The highest BCUT2D eigenvalue weighted by Crippen LogP contribution is 2.27. The van der Waals surface area contributed by atoms with Crippen LogP contribution in [-0.2, 0) is 14.3 Å². The second-order valence-electron chi connectivity index (χ2n) is 6.39. The third-order valence-corrected chi connectivity index (χ3v) is 3.97. The lowest BCUT2D eigenvalue weighted by Crippen LogP contribution is -2.11. The molecule has 0 atom stereocenters. The van der Waals surface area contributed by atoms with E-state index in [0.717, 1.165) is 0 Å². The fourth-order valence-electron chi connectivity index (χ4n) is 2.41. The summed E-state index contributed by atoms with van der Waals surface area (Å²) in [4.78, 5) is 33.5. The van der Waals surface area contributed by atoms with Crippen LogP contribution in [0.2, 0.25) is 0 Å². The molecule has 9 nitrogen and oxygen atoms in total. The largest absolute Gasteiger partial charge is 0.504 e. The number of hydrogen-bond donors (Lipinski definition) is 3. The van der Waals surface area contributed by atoms with E-state index in [1.807, 2.05) is 0 Å². The highest BCUT2D eigenvalue weighted by molar-refractivity contribution is 6.10. The molecule has 0 saturated heterocycles. The summed E-state index contributed by atoms with van der Waals surface area (Å²) in [5, 5.41) is 19.1. The van der Waals surface area contributed by atoms with Crippen LogP contribution < -0.4 is 15.2 Å². The molecule has 0 radical (unpaired) electrons. The summed E-state index contributed by atoms with van der Waals surface area (Å²) in [5.41, 5.74) is 5.87. The van der Waals surface area contributed by atoms with E-state index in [4.69, 9.17) is 9.47 Å². The molecule has 2 aromatic carbocycles. The van der Waals surface area contributed by atoms with Crippen LogP contribution in [0.3, 0.4) is 0 Å². The summed E-state index contributed by atoms with van der Waals surface area (Å²) >= 11 is 0. The number of aromatic hydroxyl groups is 2. The van der Waals surface area contributed by atoms with Gasteiger partial charge < -0.3 is 30.2 Å². The van der Waals surface area contributed by atoms with Gasteiger partial charge in [0.15, 0.2) is 34.6 Å². The summed E-state index contributed by atoms with van der Waals surface area (Å²) < 4.78 is 14.2. The van der Waals surface area contributed by atoms with Crippen molar-refractivity contribution in [3.8, 4) is 23.0 Å². The lowest BCUT2D eigenvalue weighted by Gasteiger charge is -2.03. The number of nitrogens with two attached hydrogens (primary N) is 1. The molecule has 33 heavy (non-hydrogen) atoms. The van der Waals surface area contributed by atoms with Crippen molar-refractivity contribution < 1.29 is 38.8 Å². The number of hydrogen-bond acceptors (Lipinski definition) is 8. The Morgan fingerprint density at radius 2 is 1.27 bits per heavy atom. The van der Waals surface area contributed by atoms with Gasteiger partial charge in [-0.2, -0.15) is 0 Å². The molecule has 9 heteroatoms. The molecule has 0 aliphatic heterocycles. The average molecular weight is 457 g/mol. The number of primary amides is 1. The Kier molecular flexibility index (Phi) is 11.3. The van der Waals surface area contributed by atoms with Crippen LogP contribution >= 0.6 is 0 Å². The molecule has 2 rings (SSSR count). The maximum atomic E-state index is 11.9. The van der Waals surface area contributed by atoms with E-state index in [1.165, 1.54) is 38.5 Å². The maximum absolute atomic E-state index is 11.9. The topological polar surface area (TPSA) is 145 Å².